The van der Waals surface area contributed by atoms with E-state index in [0.29, 0.717) is 5.69 Å². The Bertz CT molecular complexity index is 426. The van der Waals surface area contributed by atoms with Crippen molar-refractivity contribution in [1.82, 2.24) is 4.98 Å². The maximum absolute atomic E-state index is 12.8. The van der Waals surface area contributed by atoms with Gasteiger partial charge in [0.05, 0.1) is 0 Å². The monoisotopic (exact) mass is 162 g/mol. The third kappa shape index (κ3) is 0.993. The summed E-state index contributed by atoms with van der Waals surface area (Å²) in [5, 5.41) is 1.57. The number of nitrogen functional groups attached to an aromatic ring is 1. The van der Waals surface area contributed by atoms with Crippen molar-refractivity contribution in [3.8, 4) is 0 Å². The van der Waals surface area contributed by atoms with Crippen LogP contribution in [-0.2, 0) is 0 Å². The average Bonchev–Trinajstić information content (AvgIpc) is 2.04. The molecule has 0 radical (unpaired) electrons. The van der Waals surface area contributed by atoms with Gasteiger partial charge in [-0.05, 0) is 23.6 Å². The number of benzene rings is 1. The summed E-state index contributed by atoms with van der Waals surface area (Å²) in [5.74, 6) is -0.314. The van der Waals surface area contributed by atoms with E-state index in [0.717, 1.165) is 10.8 Å². The van der Waals surface area contributed by atoms with Crippen LogP contribution >= 0.6 is 0 Å². The number of nitrogens with zero attached hydrogens (tertiary/aromatic N) is 1. The highest BCUT2D eigenvalue weighted by Gasteiger charge is 1.99. The largest absolute Gasteiger partial charge is 0.398 e. The lowest BCUT2D eigenvalue weighted by molar-refractivity contribution is 0.630. The summed E-state index contributed by atoms with van der Waals surface area (Å²) in [7, 11) is 0. The van der Waals surface area contributed by atoms with Crippen LogP contribution in [0.15, 0.2) is 30.6 Å². The van der Waals surface area contributed by atoms with Crippen LogP contribution in [0.2, 0.25) is 0 Å². The molecule has 0 amide bonds. The maximum Gasteiger partial charge on any atom is 0.125 e. The fourth-order valence-corrected chi connectivity index (χ4v) is 1.19. The second-order valence-electron chi connectivity index (χ2n) is 2.59. The minimum absolute atomic E-state index is 0.314. The van der Waals surface area contributed by atoms with Gasteiger partial charge in [-0.15, -0.1) is 0 Å². The minimum atomic E-state index is -0.314. The second-order valence-corrected chi connectivity index (χ2v) is 2.59. The molecule has 0 saturated carbocycles. The quantitative estimate of drug-likeness (QED) is 0.601. The van der Waals surface area contributed by atoms with E-state index in [1.807, 2.05) is 0 Å². The summed E-state index contributed by atoms with van der Waals surface area (Å²) >= 11 is 0. The average molecular weight is 162 g/mol. The maximum atomic E-state index is 12.8. The van der Waals surface area contributed by atoms with E-state index in [9.17, 15) is 4.39 Å². The van der Waals surface area contributed by atoms with Crippen LogP contribution in [-0.4, -0.2) is 4.98 Å². The number of aromatic nitrogens is 1. The van der Waals surface area contributed by atoms with Crippen molar-refractivity contribution >= 4 is 16.5 Å². The molecule has 0 unspecified atom stereocenters. The highest BCUT2D eigenvalue weighted by atomic mass is 19.1. The Hall–Kier alpha value is -1.64. The Kier molecular flexibility index (Phi) is 1.43. The molecule has 2 N–H and O–H groups in total. The van der Waals surface area contributed by atoms with Crippen molar-refractivity contribution in [3.05, 3.63) is 36.4 Å². The van der Waals surface area contributed by atoms with E-state index in [1.54, 1.807) is 18.5 Å². The van der Waals surface area contributed by atoms with Crippen LogP contribution in [0.3, 0.4) is 0 Å². The first kappa shape index (κ1) is 7.03. The number of fused-ring (bicyclic) bond motifs is 1. The lowest BCUT2D eigenvalue weighted by Gasteiger charge is -2.00. The first-order valence-electron chi connectivity index (χ1n) is 3.56. The molecular weight excluding hydrogens is 155 g/mol. The van der Waals surface area contributed by atoms with Crippen LogP contribution in [0, 0.1) is 5.82 Å². The fraction of sp³-hybridized carbons (Fsp3) is 0. The molecule has 60 valence electrons. The van der Waals surface area contributed by atoms with Gasteiger partial charge in [0.25, 0.3) is 0 Å². The van der Waals surface area contributed by atoms with Crippen LogP contribution in [0.25, 0.3) is 10.8 Å². The highest BCUT2D eigenvalue weighted by Crippen LogP contribution is 2.20. The summed E-state index contributed by atoms with van der Waals surface area (Å²) in [4.78, 5) is 3.90. The van der Waals surface area contributed by atoms with E-state index < -0.39 is 0 Å². The van der Waals surface area contributed by atoms with E-state index >= 15 is 0 Å². The molecule has 1 aromatic heterocycles. The molecule has 2 aromatic rings. The zero-order valence-corrected chi connectivity index (χ0v) is 6.29. The molecule has 12 heavy (non-hydrogen) atoms. The predicted molar refractivity (Wildman–Crippen MR) is 46.1 cm³/mol. The summed E-state index contributed by atoms with van der Waals surface area (Å²) in [6.07, 6.45) is 3.24. The number of nitrogens with two attached hydrogens (primary N) is 1. The van der Waals surface area contributed by atoms with Crippen molar-refractivity contribution in [2.45, 2.75) is 0 Å². The van der Waals surface area contributed by atoms with Crippen molar-refractivity contribution in [2.24, 2.45) is 0 Å². The van der Waals surface area contributed by atoms with Gasteiger partial charge in [-0.2, -0.15) is 0 Å². The van der Waals surface area contributed by atoms with Gasteiger partial charge < -0.3 is 5.73 Å². The first-order valence-corrected chi connectivity index (χ1v) is 3.56. The molecule has 0 aliphatic rings. The van der Waals surface area contributed by atoms with Gasteiger partial charge in [0.15, 0.2) is 0 Å². The number of halogens is 1. The van der Waals surface area contributed by atoms with Crippen LogP contribution in [0.1, 0.15) is 0 Å². The van der Waals surface area contributed by atoms with Gasteiger partial charge in [0.1, 0.15) is 5.82 Å². The Balaban J connectivity index is 2.89. The Morgan fingerprint density at radius 3 is 3.00 bits per heavy atom. The number of hydrogen-bond acceptors (Lipinski definition) is 2. The number of pyridine rings is 1. The Morgan fingerprint density at radius 2 is 2.17 bits per heavy atom. The summed E-state index contributed by atoms with van der Waals surface area (Å²) in [5.41, 5.74) is 6.01. The van der Waals surface area contributed by atoms with Crippen molar-refractivity contribution < 1.29 is 4.39 Å². The third-order valence-electron chi connectivity index (χ3n) is 1.75. The molecule has 1 aromatic carbocycles. The summed E-state index contributed by atoms with van der Waals surface area (Å²) in [6.45, 7) is 0. The van der Waals surface area contributed by atoms with Gasteiger partial charge in [-0.25, -0.2) is 4.39 Å². The second kappa shape index (κ2) is 2.44. The molecule has 0 bridgehead atoms. The van der Waals surface area contributed by atoms with E-state index in [4.69, 9.17) is 5.73 Å². The molecule has 0 fully saturated rings. The van der Waals surface area contributed by atoms with Crippen LogP contribution in [0.5, 0.6) is 0 Å². The number of hydrogen-bond donors (Lipinski definition) is 1. The van der Waals surface area contributed by atoms with Gasteiger partial charge in [0.2, 0.25) is 0 Å². The van der Waals surface area contributed by atoms with E-state index in [-0.39, 0.29) is 5.82 Å². The zero-order chi connectivity index (χ0) is 8.55. The van der Waals surface area contributed by atoms with Crippen molar-refractivity contribution in [1.29, 1.82) is 0 Å². The molecular formula is C9H7FN2. The number of rotatable bonds is 0. The molecule has 1 heterocycles. The van der Waals surface area contributed by atoms with Gasteiger partial charge >= 0.3 is 0 Å². The third-order valence-corrected chi connectivity index (χ3v) is 1.75. The zero-order valence-electron chi connectivity index (χ0n) is 6.29. The molecule has 0 spiro atoms. The molecule has 0 atom stereocenters. The smallest absolute Gasteiger partial charge is 0.125 e. The van der Waals surface area contributed by atoms with Crippen LogP contribution in [0.4, 0.5) is 10.1 Å². The first-order chi connectivity index (χ1) is 5.77. The summed E-state index contributed by atoms with van der Waals surface area (Å²) < 4.78 is 12.8. The van der Waals surface area contributed by atoms with Crippen molar-refractivity contribution in [3.63, 3.8) is 0 Å². The molecule has 3 heteroatoms. The summed E-state index contributed by atoms with van der Waals surface area (Å²) in [6, 6.07) is 4.46. The van der Waals surface area contributed by atoms with Crippen LogP contribution < -0.4 is 5.73 Å². The van der Waals surface area contributed by atoms with E-state index in [1.165, 1.54) is 12.1 Å². The molecule has 2 nitrogen and oxygen atoms in total. The Morgan fingerprint density at radius 1 is 1.33 bits per heavy atom. The molecule has 0 aliphatic heterocycles. The lowest BCUT2D eigenvalue weighted by Crippen LogP contribution is -1.89. The van der Waals surface area contributed by atoms with Gasteiger partial charge in [-0.3, -0.25) is 4.98 Å². The predicted octanol–water partition coefficient (Wildman–Crippen LogP) is 1.96. The molecule has 2 rings (SSSR count). The SMILES string of the molecule is Nc1cc(F)cc2ccncc12. The topological polar surface area (TPSA) is 38.9 Å². The van der Waals surface area contributed by atoms with Gasteiger partial charge in [-0.1, -0.05) is 0 Å². The number of anilines is 1. The molecule has 0 saturated heterocycles. The fourth-order valence-electron chi connectivity index (χ4n) is 1.19. The van der Waals surface area contributed by atoms with Gasteiger partial charge in [0, 0.05) is 23.5 Å². The minimum Gasteiger partial charge on any atom is -0.398 e. The lowest BCUT2D eigenvalue weighted by atomic mass is 10.1. The standard InChI is InChI=1S/C9H7FN2/c10-7-3-6-1-2-12-5-8(6)9(11)4-7/h1-5H,11H2. The van der Waals surface area contributed by atoms with Crippen molar-refractivity contribution in [2.75, 3.05) is 5.73 Å². The molecule has 0 aliphatic carbocycles. The highest BCUT2D eigenvalue weighted by molar-refractivity contribution is 5.91. The Labute approximate surface area is 68.8 Å². The normalized spacial score (nSPS) is 10.4. The van der Waals surface area contributed by atoms with E-state index in [2.05, 4.69) is 4.98 Å².